The molecule has 11 heteroatoms. The number of nitrogens with one attached hydrogen (secondary N) is 1. The highest BCUT2D eigenvalue weighted by atomic mass is 32.2. The van der Waals surface area contributed by atoms with Crippen LogP contribution in [0.2, 0.25) is 0 Å². The van der Waals surface area contributed by atoms with Crippen molar-refractivity contribution in [3.05, 3.63) is 34.7 Å². The molecule has 0 saturated heterocycles. The molecule has 2 aromatic rings. The predicted molar refractivity (Wildman–Crippen MR) is 121 cm³/mol. The van der Waals surface area contributed by atoms with Crippen molar-refractivity contribution in [2.45, 2.75) is 43.9 Å². The van der Waals surface area contributed by atoms with Gasteiger partial charge in [0.1, 0.15) is 4.88 Å². The summed E-state index contributed by atoms with van der Waals surface area (Å²) in [6.45, 7) is 2.11. The monoisotopic (exact) mass is 473 g/mol. The van der Waals surface area contributed by atoms with Crippen LogP contribution in [0.1, 0.15) is 48.7 Å². The summed E-state index contributed by atoms with van der Waals surface area (Å²) in [6.07, 6.45) is 5.79. The van der Waals surface area contributed by atoms with Crippen molar-refractivity contribution < 1.29 is 21.6 Å². The van der Waals surface area contributed by atoms with Crippen LogP contribution in [-0.2, 0) is 19.9 Å². The van der Waals surface area contributed by atoms with Gasteiger partial charge in [0, 0.05) is 12.7 Å². The molecule has 8 nitrogen and oxygen atoms in total. The zero-order chi connectivity index (χ0) is 22.4. The van der Waals surface area contributed by atoms with Gasteiger partial charge in [-0.05, 0) is 30.7 Å². The molecule has 1 aromatic carbocycles. The molecule has 1 N–H and O–H groups in total. The van der Waals surface area contributed by atoms with Crippen LogP contribution in [0.3, 0.4) is 0 Å². The molecule has 0 aliphatic rings. The minimum atomic E-state index is -3.56. The molecular weight excluding hydrogens is 446 g/mol. The summed E-state index contributed by atoms with van der Waals surface area (Å²) >= 11 is 1.02. The SMILES string of the molecule is CCCCCCCS(=O)(=O)c1ccc(NC(=O)c2scnc2N(C)S(C)(=O)=O)cc1. The van der Waals surface area contributed by atoms with E-state index in [0.29, 0.717) is 12.1 Å². The van der Waals surface area contributed by atoms with Gasteiger partial charge in [-0.25, -0.2) is 21.8 Å². The van der Waals surface area contributed by atoms with E-state index in [0.717, 1.165) is 47.6 Å². The third-order valence-electron chi connectivity index (χ3n) is 4.54. The van der Waals surface area contributed by atoms with Crippen LogP contribution >= 0.6 is 11.3 Å². The van der Waals surface area contributed by atoms with Crippen LogP contribution in [0, 0.1) is 0 Å². The number of carbonyl (C=O) groups excluding carboxylic acids is 1. The van der Waals surface area contributed by atoms with Crippen LogP contribution in [0.4, 0.5) is 11.5 Å². The molecule has 0 aliphatic carbocycles. The smallest absolute Gasteiger partial charge is 0.269 e. The molecule has 166 valence electrons. The van der Waals surface area contributed by atoms with Crippen molar-refractivity contribution in [2.75, 3.05) is 28.7 Å². The van der Waals surface area contributed by atoms with Crippen molar-refractivity contribution in [2.24, 2.45) is 0 Å². The van der Waals surface area contributed by atoms with Gasteiger partial charge >= 0.3 is 0 Å². The summed E-state index contributed by atoms with van der Waals surface area (Å²) in [5.41, 5.74) is 1.80. The Hall–Kier alpha value is -1.98. The maximum absolute atomic E-state index is 12.6. The fraction of sp³-hybridized carbons (Fsp3) is 0.474. The summed E-state index contributed by atoms with van der Waals surface area (Å²) in [4.78, 5) is 16.9. The first-order valence-corrected chi connectivity index (χ1v) is 14.0. The topological polar surface area (TPSA) is 114 Å². The van der Waals surface area contributed by atoms with E-state index in [1.807, 2.05) is 0 Å². The first kappa shape index (κ1) is 24.3. The molecule has 0 saturated carbocycles. The molecule has 0 atom stereocenters. The summed E-state index contributed by atoms with van der Waals surface area (Å²) in [6, 6.07) is 5.96. The zero-order valence-corrected chi connectivity index (χ0v) is 19.7. The molecule has 0 aliphatic heterocycles. The molecule has 0 spiro atoms. The van der Waals surface area contributed by atoms with E-state index in [1.54, 1.807) is 0 Å². The van der Waals surface area contributed by atoms with Gasteiger partial charge in [-0.3, -0.25) is 9.10 Å². The molecule has 30 heavy (non-hydrogen) atoms. The summed E-state index contributed by atoms with van der Waals surface area (Å²) in [5, 5.41) is 2.65. The predicted octanol–water partition coefficient (Wildman–Crippen LogP) is 3.54. The number of thiazole rings is 1. The Bertz CT molecular complexity index is 1060. The lowest BCUT2D eigenvalue weighted by Crippen LogP contribution is -2.27. The molecule has 0 unspecified atom stereocenters. The number of unbranched alkanes of at least 4 members (excludes halogenated alkanes) is 4. The summed E-state index contributed by atoms with van der Waals surface area (Å²) in [7, 11) is -5.60. The zero-order valence-electron chi connectivity index (χ0n) is 17.3. The van der Waals surface area contributed by atoms with E-state index in [4.69, 9.17) is 0 Å². The molecule has 0 radical (unpaired) electrons. The standard InChI is InChI=1S/C19H27N3O5S3/c1-4-5-6-7-8-13-30(26,27)16-11-9-15(10-12-16)21-19(23)17-18(20-14-28-17)22(2)29(3,24)25/h9-12,14H,4-8,13H2,1-3H3,(H,21,23). The van der Waals surface area contributed by atoms with Gasteiger partial charge < -0.3 is 5.32 Å². The first-order valence-electron chi connectivity index (χ1n) is 9.58. The second-order valence-corrected chi connectivity index (χ2v) is 11.9. The maximum Gasteiger partial charge on any atom is 0.269 e. The molecular formula is C19H27N3O5S3. The number of sulfone groups is 1. The van der Waals surface area contributed by atoms with Crippen molar-refractivity contribution in [3.63, 3.8) is 0 Å². The Balaban J connectivity index is 2.05. The van der Waals surface area contributed by atoms with Crippen molar-refractivity contribution >= 4 is 48.6 Å². The van der Waals surface area contributed by atoms with E-state index in [1.165, 1.54) is 36.8 Å². The number of benzene rings is 1. The van der Waals surface area contributed by atoms with Gasteiger partial charge in [-0.15, -0.1) is 11.3 Å². The number of carbonyl (C=O) groups is 1. The van der Waals surface area contributed by atoms with Crippen LogP contribution in [0.15, 0.2) is 34.7 Å². The highest BCUT2D eigenvalue weighted by Crippen LogP contribution is 2.25. The maximum atomic E-state index is 12.6. The van der Waals surface area contributed by atoms with Crippen molar-refractivity contribution in [1.29, 1.82) is 0 Å². The van der Waals surface area contributed by atoms with Gasteiger partial charge in [0.05, 0.1) is 22.4 Å². The molecule has 1 aromatic heterocycles. The lowest BCUT2D eigenvalue weighted by Gasteiger charge is -2.15. The Morgan fingerprint density at radius 2 is 1.70 bits per heavy atom. The normalized spacial score (nSPS) is 12.0. The Kier molecular flexibility index (Phi) is 8.39. The van der Waals surface area contributed by atoms with E-state index in [-0.39, 0.29) is 21.3 Å². The minimum Gasteiger partial charge on any atom is -0.321 e. The van der Waals surface area contributed by atoms with Gasteiger partial charge in [-0.1, -0.05) is 32.6 Å². The number of hydrogen-bond acceptors (Lipinski definition) is 7. The van der Waals surface area contributed by atoms with E-state index >= 15 is 0 Å². The quantitative estimate of drug-likeness (QED) is 0.500. The second-order valence-electron chi connectivity index (χ2n) is 6.95. The van der Waals surface area contributed by atoms with E-state index in [9.17, 15) is 21.6 Å². The number of hydrogen-bond donors (Lipinski definition) is 1. The third kappa shape index (κ3) is 6.51. The van der Waals surface area contributed by atoms with Crippen LogP contribution in [0.25, 0.3) is 0 Å². The van der Waals surface area contributed by atoms with Crippen LogP contribution in [0.5, 0.6) is 0 Å². The molecule has 0 bridgehead atoms. The van der Waals surface area contributed by atoms with Gasteiger partial charge in [0.2, 0.25) is 10.0 Å². The van der Waals surface area contributed by atoms with Gasteiger partial charge in [0.25, 0.3) is 5.91 Å². The molecule has 1 amide bonds. The van der Waals surface area contributed by atoms with Crippen molar-refractivity contribution in [1.82, 2.24) is 4.98 Å². The average molecular weight is 474 g/mol. The number of aromatic nitrogens is 1. The van der Waals surface area contributed by atoms with E-state index in [2.05, 4.69) is 17.2 Å². The number of amides is 1. The summed E-state index contributed by atoms with van der Waals surface area (Å²) < 4.78 is 49.3. The highest BCUT2D eigenvalue weighted by molar-refractivity contribution is 7.92. The largest absolute Gasteiger partial charge is 0.321 e. The van der Waals surface area contributed by atoms with Gasteiger partial charge in [0.15, 0.2) is 15.7 Å². The number of sulfonamides is 1. The lowest BCUT2D eigenvalue weighted by atomic mass is 10.2. The number of rotatable bonds is 11. The van der Waals surface area contributed by atoms with Crippen LogP contribution < -0.4 is 9.62 Å². The molecule has 0 fully saturated rings. The van der Waals surface area contributed by atoms with E-state index < -0.39 is 25.8 Å². The third-order valence-corrected chi connectivity index (χ3v) is 8.34. The Morgan fingerprint density at radius 3 is 2.30 bits per heavy atom. The fourth-order valence-corrected chi connectivity index (χ4v) is 5.32. The Morgan fingerprint density at radius 1 is 1.07 bits per heavy atom. The fourth-order valence-electron chi connectivity index (χ4n) is 2.72. The Labute approximate surface area is 182 Å². The number of anilines is 2. The first-order chi connectivity index (χ1) is 14.1. The highest BCUT2D eigenvalue weighted by Gasteiger charge is 2.23. The molecule has 2 rings (SSSR count). The number of nitrogens with zero attached hydrogens (tertiary/aromatic N) is 2. The lowest BCUT2D eigenvalue weighted by molar-refractivity contribution is 0.103. The molecule has 1 heterocycles. The summed E-state index contributed by atoms with van der Waals surface area (Å²) in [5.74, 6) is -0.374. The minimum absolute atomic E-state index is 0.0438. The van der Waals surface area contributed by atoms with Crippen LogP contribution in [-0.4, -0.2) is 46.8 Å². The van der Waals surface area contributed by atoms with Crippen molar-refractivity contribution in [3.8, 4) is 0 Å². The average Bonchev–Trinajstić information content (AvgIpc) is 3.16. The second kappa shape index (κ2) is 10.4. The van der Waals surface area contributed by atoms with Gasteiger partial charge in [-0.2, -0.15) is 0 Å².